The number of fused-ring (bicyclic) bond motifs is 11. The van der Waals surface area contributed by atoms with E-state index in [-0.39, 0.29) is 0 Å². The molecule has 0 bridgehead atoms. The summed E-state index contributed by atoms with van der Waals surface area (Å²) in [4.78, 5) is 0. The van der Waals surface area contributed by atoms with E-state index in [2.05, 4.69) is 179 Å². The van der Waals surface area contributed by atoms with E-state index in [4.69, 9.17) is 0 Å². The first-order valence-corrected chi connectivity index (χ1v) is 17.6. The van der Waals surface area contributed by atoms with Gasteiger partial charge in [-0.05, 0) is 71.1 Å². The molecule has 3 heteroatoms. The molecule has 11 rings (SSSR count). The molecule has 0 N–H and O–H groups in total. The lowest BCUT2D eigenvalue weighted by molar-refractivity contribution is 1.18. The number of hydrogen-bond acceptors (Lipinski definition) is 1. The maximum absolute atomic E-state index is 2.54. The van der Waals surface area contributed by atoms with Crippen molar-refractivity contribution in [3.8, 4) is 22.5 Å². The van der Waals surface area contributed by atoms with E-state index in [1.807, 2.05) is 11.3 Å². The highest BCUT2D eigenvalue weighted by Gasteiger charge is 2.23. The van der Waals surface area contributed by atoms with Gasteiger partial charge in [0.05, 0.1) is 32.5 Å². The highest BCUT2D eigenvalue weighted by molar-refractivity contribution is 7.26. The summed E-state index contributed by atoms with van der Waals surface area (Å²) in [6, 6.07) is 62.3. The predicted molar refractivity (Wildman–Crippen MR) is 211 cm³/mol. The number of benzene rings is 8. The number of hydrogen-bond donors (Lipinski definition) is 0. The molecule has 0 aliphatic heterocycles. The van der Waals surface area contributed by atoms with E-state index in [1.165, 1.54) is 97.1 Å². The van der Waals surface area contributed by atoms with E-state index in [0.717, 1.165) is 0 Å². The third kappa shape index (κ3) is 3.76. The maximum atomic E-state index is 2.54. The Hall–Kier alpha value is -6.16. The van der Waals surface area contributed by atoms with Crippen molar-refractivity contribution < 1.29 is 0 Å². The molecule has 3 heterocycles. The van der Waals surface area contributed by atoms with Gasteiger partial charge in [-0.15, -0.1) is 11.3 Å². The van der Waals surface area contributed by atoms with Gasteiger partial charge in [-0.25, -0.2) is 0 Å². The number of thiophene rings is 1. The van der Waals surface area contributed by atoms with Gasteiger partial charge in [-0.2, -0.15) is 0 Å². The van der Waals surface area contributed by atoms with Crippen LogP contribution in [0.25, 0.3) is 97.1 Å². The molecular formula is C46H28N2S. The average molecular weight is 641 g/mol. The van der Waals surface area contributed by atoms with E-state index in [1.54, 1.807) is 0 Å². The molecular weight excluding hydrogens is 613 g/mol. The van der Waals surface area contributed by atoms with Gasteiger partial charge in [0.25, 0.3) is 0 Å². The predicted octanol–water partition coefficient (Wildman–Crippen LogP) is 13.1. The molecule has 49 heavy (non-hydrogen) atoms. The van der Waals surface area contributed by atoms with E-state index in [9.17, 15) is 0 Å². The van der Waals surface area contributed by atoms with Crippen molar-refractivity contribution in [1.82, 2.24) is 9.13 Å². The Labute approximate surface area is 286 Å². The lowest BCUT2D eigenvalue weighted by Gasteiger charge is -2.13. The number of nitrogens with zero attached hydrogens (tertiary/aromatic N) is 2. The van der Waals surface area contributed by atoms with Gasteiger partial charge >= 0.3 is 0 Å². The van der Waals surface area contributed by atoms with Gasteiger partial charge in [0.1, 0.15) is 0 Å². The van der Waals surface area contributed by atoms with Crippen LogP contribution in [0, 0.1) is 0 Å². The van der Waals surface area contributed by atoms with Crippen molar-refractivity contribution in [3.63, 3.8) is 0 Å². The van der Waals surface area contributed by atoms with E-state index in [0.29, 0.717) is 0 Å². The Balaban J connectivity index is 1.31. The zero-order valence-electron chi connectivity index (χ0n) is 26.5. The second-order valence-electron chi connectivity index (χ2n) is 12.9. The molecule has 0 saturated heterocycles. The monoisotopic (exact) mass is 640 g/mol. The number of aromatic nitrogens is 2. The summed E-state index contributed by atoms with van der Waals surface area (Å²) in [7, 11) is 0. The quantitative estimate of drug-likeness (QED) is 0.182. The first-order chi connectivity index (χ1) is 24.3. The zero-order chi connectivity index (χ0) is 32.1. The van der Waals surface area contributed by atoms with Crippen molar-refractivity contribution in [2.24, 2.45) is 0 Å². The Kier molecular flexibility index (Phi) is 5.57. The third-order valence-electron chi connectivity index (χ3n) is 10.3. The van der Waals surface area contributed by atoms with Crippen molar-refractivity contribution in [2.45, 2.75) is 0 Å². The normalized spacial score (nSPS) is 12.1. The number of para-hydroxylation sites is 3. The minimum Gasteiger partial charge on any atom is -0.309 e. The molecule has 0 amide bonds. The molecule has 3 aromatic heterocycles. The van der Waals surface area contributed by atoms with Crippen LogP contribution in [0.5, 0.6) is 0 Å². The van der Waals surface area contributed by atoms with Crippen molar-refractivity contribution in [1.29, 1.82) is 0 Å². The smallest absolute Gasteiger partial charge is 0.0726 e. The van der Waals surface area contributed by atoms with Crippen LogP contribution < -0.4 is 0 Å². The Bertz CT molecular complexity index is 3100. The van der Waals surface area contributed by atoms with Crippen LogP contribution in [-0.4, -0.2) is 9.13 Å². The van der Waals surface area contributed by atoms with Crippen LogP contribution in [0.4, 0.5) is 0 Å². The minimum absolute atomic E-state index is 1.17. The highest BCUT2D eigenvalue weighted by Crippen LogP contribution is 2.48. The Morgan fingerprint density at radius 1 is 0.408 bits per heavy atom. The third-order valence-corrected chi connectivity index (χ3v) is 11.5. The fourth-order valence-electron chi connectivity index (χ4n) is 8.21. The van der Waals surface area contributed by atoms with Crippen LogP contribution in [0.3, 0.4) is 0 Å². The van der Waals surface area contributed by atoms with Crippen LogP contribution in [0.2, 0.25) is 0 Å². The SMILES string of the molecule is c1ccc(-n2c3ccccc3c3cc(-c4cc5c6ccccc6sc5c5c4c4ccccc4n5-c4cccc5ccccc45)ccc32)cc1. The molecule has 8 aromatic carbocycles. The lowest BCUT2D eigenvalue weighted by atomic mass is 9.95. The first kappa shape index (κ1) is 26.9. The van der Waals surface area contributed by atoms with E-state index < -0.39 is 0 Å². The standard InChI is InChI=1S/C46H28N2S/c1-2-15-31(16-3-1)47-40-21-9-6-18-33(40)37-27-30(25-26-42(37)47)36-28-38-34-19-8-11-24-43(34)49-46(38)45-44(36)35-20-7-10-22-41(35)48(45)39-23-12-14-29-13-4-5-17-32(29)39/h1-28H. The van der Waals surface area contributed by atoms with Gasteiger partial charge in [0.15, 0.2) is 0 Å². The summed E-state index contributed by atoms with van der Waals surface area (Å²) in [6.07, 6.45) is 0. The largest absolute Gasteiger partial charge is 0.309 e. The summed E-state index contributed by atoms with van der Waals surface area (Å²) >= 11 is 1.91. The van der Waals surface area contributed by atoms with Crippen molar-refractivity contribution >= 4 is 85.9 Å². The van der Waals surface area contributed by atoms with Gasteiger partial charge in [-0.3, -0.25) is 0 Å². The van der Waals surface area contributed by atoms with Gasteiger partial charge < -0.3 is 9.13 Å². The molecule has 0 unspecified atom stereocenters. The fourth-order valence-corrected chi connectivity index (χ4v) is 9.43. The fraction of sp³-hybridized carbons (Fsp3) is 0. The molecule has 0 radical (unpaired) electrons. The van der Waals surface area contributed by atoms with Gasteiger partial charge in [0.2, 0.25) is 0 Å². The van der Waals surface area contributed by atoms with Crippen LogP contribution >= 0.6 is 11.3 Å². The molecule has 0 aliphatic rings. The van der Waals surface area contributed by atoms with Gasteiger partial charge in [0, 0.05) is 48.1 Å². The molecule has 228 valence electrons. The lowest BCUT2D eigenvalue weighted by Crippen LogP contribution is -1.95. The van der Waals surface area contributed by atoms with Crippen LogP contribution in [0.15, 0.2) is 170 Å². The summed E-state index contributed by atoms with van der Waals surface area (Å²) < 4.78 is 7.57. The first-order valence-electron chi connectivity index (χ1n) is 16.8. The second kappa shape index (κ2) is 10.2. The van der Waals surface area contributed by atoms with Crippen LogP contribution in [0.1, 0.15) is 0 Å². The number of rotatable bonds is 3. The molecule has 0 spiro atoms. The highest BCUT2D eigenvalue weighted by atomic mass is 32.1. The maximum Gasteiger partial charge on any atom is 0.0726 e. The topological polar surface area (TPSA) is 9.86 Å². The van der Waals surface area contributed by atoms with Crippen LogP contribution in [-0.2, 0) is 0 Å². The van der Waals surface area contributed by atoms with Gasteiger partial charge in [-0.1, -0.05) is 115 Å². The summed E-state index contributed by atoms with van der Waals surface area (Å²) in [5.74, 6) is 0. The summed E-state index contributed by atoms with van der Waals surface area (Å²) in [6.45, 7) is 0. The van der Waals surface area contributed by atoms with Crippen molar-refractivity contribution in [3.05, 3.63) is 170 Å². The summed E-state index contributed by atoms with van der Waals surface area (Å²) in [5, 5.41) is 10.2. The van der Waals surface area contributed by atoms with E-state index >= 15 is 0 Å². The minimum atomic E-state index is 1.17. The molecule has 0 saturated carbocycles. The molecule has 0 atom stereocenters. The Morgan fingerprint density at radius 3 is 1.92 bits per heavy atom. The molecule has 2 nitrogen and oxygen atoms in total. The molecule has 11 aromatic rings. The summed E-state index contributed by atoms with van der Waals surface area (Å²) in [5.41, 5.74) is 9.81. The zero-order valence-corrected chi connectivity index (χ0v) is 27.3. The Morgan fingerprint density at radius 2 is 1.06 bits per heavy atom. The molecule has 0 aliphatic carbocycles. The second-order valence-corrected chi connectivity index (χ2v) is 13.9. The molecule has 0 fully saturated rings. The average Bonchev–Trinajstić information content (AvgIpc) is 3.82. The van der Waals surface area contributed by atoms with Crippen molar-refractivity contribution in [2.75, 3.05) is 0 Å².